The molecule has 6 heteroatoms. The van der Waals surface area contributed by atoms with Crippen LogP contribution in [0.15, 0.2) is 30.3 Å². The van der Waals surface area contributed by atoms with Crippen LogP contribution in [-0.4, -0.2) is 9.97 Å². The molecular weight excluding hydrogens is 259 g/mol. The van der Waals surface area contributed by atoms with E-state index < -0.39 is 0 Å². The molecule has 0 bridgehead atoms. The highest BCUT2D eigenvalue weighted by Gasteiger charge is 2.02. The molecule has 0 aliphatic heterocycles. The first-order chi connectivity index (χ1) is 8.17. The zero-order valence-electron chi connectivity index (χ0n) is 8.48. The summed E-state index contributed by atoms with van der Waals surface area (Å²) in [5.41, 5.74) is 1.29. The Morgan fingerprint density at radius 1 is 1.18 bits per heavy atom. The number of nitrogens with one attached hydrogen (secondary N) is 1. The predicted octanol–water partition coefficient (Wildman–Crippen LogP) is 3.40. The summed E-state index contributed by atoms with van der Waals surface area (Å²) in [4.78, 5) is 7.70. The second-order valence-corrected chi connectivity index (χ2v) is 3.89. The summed E-state index contributed by atoms with van der Waals surface area (Å²) in [7, 11) is 0. The van der Waals surface area contributed by atoms with Crippen molar-refractivity contribution < 1.29 is 0 Å². The zero-order valence-corrected chi connectivity index (χ0v) is 10.00. The van der Waals surface area contributed by atoms with Crippen LogP contribution in [0, 0.1) is 11.3 Å². The third-order valence-corrected chi connectivity index (χ3v) is 2.29. The van der Waals surface area contributed by atoms with Gasteiger partial charge in [0.05, 0.1) is 11.6 Å². The Morgan fingerprint density at radius 3 is 2.71 bits per heavy atom. The number of halogens is 2. The Morgan fingerprint density at radius 2 is 2.00 bits per heavy atom. The maximum Gasteiger partial charge on any atom is 0.225 e. The van der Waals surface area contributed by atoms with Crippen LogP contribution in [0.4, 0.5) is 11.5 Å². The standard InChI is InChI=1S/C11H6Cl2N4/c12-9-5-10(17-11(13)16-9)15-8-3-1-2-7(4-8)6-14/h1-5H,(H,15,16,17). The zero-order chi connectivity index (χ0) is 12.3. The molecule has 1 heterocycles. The quantitative estimate of drug-likeness (QED) is 0.667. The van der Waals surface area contributed by atoms with Crippen molar-refractivity contribution in [3.8, 4) is 6.07 Å². The first-order valence-corrected chi connectivity index (χ1v) is 5.40. The average Bonchev–Trinajstić information content (AvgIpc) is 2.28. The maximum atomic E-state index is 8.77. The van der Waals surface area contributed by atoms with Crippen LogP contribution in [0.1, 0.15) is 5.56 Å². The third kappa shape index (κ3) is 3.06. The summed E-state index contributed by atoms with van der Waals surface area (Å²) in [6.45, 7) is 0. The molecule has 0 saturated carbocycles. The van der Waals surface area contributed by atoms with Crippen molar-refractivity contribution in [1.82, 2.24) is 9.97 Å². The van der Waals surface area contributed by atoms with Gasteiger partial charge in [-0.25, -0.2) is 9.97 Å². The molecule has 17 heavy (non-hydrogen) atoms. The molecule has 84 valence electrons. The third-order valence-electron chi connectivity index (χ3n) is 1.93. The van der Waals surface area contributed by atoms with E-state index in [9.17, 15) is 0 Å². The molecule has 4 nitrogen and oxygen atoms in total. The minimum atomic E-state index is 0.0661. The second kappa shape index (κ2) is 5.00. The van der Waals surface area contributed by atoms with Crippen LogP contribution in [0.25, 0.3) is 0 Å². The van der Waals surface area contributed by atoms with E-state index in [0.717, 1.165) is 5.69 Å². The molecule has 1 aromatic carbocycles. The Kier molecular flexibility index (Phi) is 3.43. The number of nitrogens with zero attached hydrogens (tertiary/aromatic N) is 3. The van der Waals surface area contributed by atoms with Gasteiger partial charge in [0, 0.05) is 11.8 Å². The molecule has 0 aliphatic rings. The van der Waals surface area contributed by atoms with Crippen LogP contribution in [-0.2, 0) is 0 Å². The lowest BCUT2D eigenvalue weighted by molar-refractivity contribution is 1.17. The van der Waals surface area contributed by atoms with Gasteiger partial charge in [-0.2, -0.15) is 5.26 Å². The Labute approximate surface area is 108 Å². The largest absolute Gasteiger partial charge is 0.340 e. The molecule has 0 saturated heterocycles. The van der Waals surface area contributed by atoms with Gasteiger partial charge in [0.2, 0.25) is 5.28 Å². The molecule has 0 radical (unpaired) electrons. The molecule has 1 aromatic heterocycles. The molecule has 1 N–H and O–H groups in total. The van der Waals surface area contributed by atoms with Crippen molar-refractivity contribution in [2.75, 3.05) is 5.32 Å². The van der Waals surface area contributed by atoms with Gasteiger partial charge < -0.3 is 5.32 Å². The lowest BCUT2D eigenvalue weighted by Gasteiger charge is -2.05. The van der Waals surface area contributed by atoms with E-state index in [4.69, 9.17) is 28.5 Å². The van der Waals surface area contributed by atoms with Gasteiger partial charge in [-0.15, -0.1) is 0 Å². The summed E-state index contributed by atoms with van der Waals surface area (Å²) >= 11 is 11.4. The first-order valence-electron chi connectivity index (χ1n) is 4.64. The normalized spacial score (nSPS) is 9.71. The summed E-state index contributed by atoms with van der Waals surface area (Å²) in [6.07, 6.45) is 0. The van der Waals surface area contributed by atoms with Gasteiger partial charge in [-0.3, -0.25) is 0 Å². The Bertz CT molecular complexity index is 572. The van der Waals surface area contributed by atoms with E-state index in [1.165, 1.54) is 0 Å². The number of benzene rings is 1. The molecule has 0 amide bonds. The van der Waals surface area contributed by atoms with E-state index in [-0.39, 0.29) is 10.4 Å². The molecular formula is C11H6Cl2N4. The van der Waals surface area contributed by atoms with Gasteiger partial charge >= 0.3 is 0 Å². The van der Waals surface area contributed by atoms with Gasteiger partial charge in [-0.05, 0) is 29.8 Å². The number of hydrogen-bond donors (Lipinski definition) is 1. The van der Waals surface area contributed by atoms with Crippen molar-refractivity contribution in [2.45, 2.75) is 0 Å². The SMILES string of the molecule is N#Cc1cccc(Nc2cc(Cl)nc(Cl)n2)c1. The summed E-state index contributed by atoms with van der Waals surface area (Å²) < 4.78 is 0. The van der Waals surface area contributed by atoms with E-state index >= 15 is 0 Å². The van der Waals surface area contributed by atoms with Gasteiger partial charge in [0.1, 0.15) is 11.0 Å². The number of aromatic nitrogens is 2. The van der Waals surface area contributed by atoms with Crippen molar-refractivity contribution in [2.24, 2.45) is 0 Å². The first kappa shape index (κ1) is 11.6. The molecule has 2 aromatic rings. The highest BCUT2D eigenvalue weighted by Crippen LogP contribution is 2.19. The van der Waals surface area contributed by atoms with Gasteiger partial charge in [-0.1, -0.05) is 17.7 Å². The lowest BCUT2D eigenvalue weighted by Crippen LogP contribution is -1.95. The minimum Gasteiger partial charge on any atom is -0.340 e. The molecule has 0 unspecified atom stereocenters. The molecule has 0 atom stereocenters. The summed E-state index contributed by atoms with van der Waals surface area (Å²) in [5, 5.41) is 12.1. The fraction of sp³-hybridized carbons (Fsp3) is 0. The van der Waals surface area contributed by atoms with E-state index in [0.29, 0.717) is 11.4 Å². The van der Waals surface area contributed by atoms with E-state index in [1.54, 1.807) is 24.3 Å². The highest BCUT2D eigenvalue weighted by molar-refractivity contribution is 6.32. The fourth-order valence-electron chi connectivity index (χ4n) is 1.27. The van der Waals surface area contributed by atoms with Crippen LogP contribution in [0.3, 0.4) is 0 Å². The van der Waals surface area contributed by atoms with Crippen LogP contribution in [0.2, 0.25) is 10.4 Å². The van der Waals surface area contributed by atoms with Gasteiger partial charge in [0.15, 0.2) is 0 Å². The maximum absolute atomic E-state index is 8.77. The predicted molar refractivity (Wildman–Crippen MR) is 66.5 cm³/mol. The number of anilines is 2. The Hall–Kier alpha value is -1.83. The monoisotopic (exact) mass is 264 g/mol. The van der Waals surface area contributed by atoms with Crippen molar-refractivity contribution in [3.63, 3.8) is 0 Å². The van der Waals surface area contributed by atoms with Crippen molar-refractivity contribution in [3.05, 3.63) is 46.3 Å². The molecule has 2 rings (SSSR count). The van der Waals surface area contributed by atoms with Crippen LogP contribution >= 0.6 is 23.2 Å². The lowest BCUT2D eigenvalue weighted by atomic mass is 10.2. The smallest absolute Gasteiger partial charge is 0.225 e. The highest BCUT2D eigenvalue weighted by atomic mass is 35.5. The van der Waals surface area contributed by atoms with Crippen LogP contribution in [0.5, 0.6) is 0 Å². The van der Waals surface area contributed by atoms with Gasteiger partial charge in [0.25, 0.3) is 0 Å². The number of nitriles is 1. The molecule has 0 fully saturated rings. The van der Waals surface area contributed by atoms with E-state index in [1.807, 2.05) is 6.07 Å². The summed E-state index contributed by atoms with van der Waals surface area (Å²) in [6, 6.07) is 10.6. The molecule has 0 spiro atoms. The summed E-state index contributed by atoms with van der Waals surface area (Å²) in [5.74, 6) is 0.477. The van der Waals surface area contributed by atoms with Crippen LogP contribution < -0.4 is 5.32 Å². The van der Waals surface area contributed by atoms with Crippen molar-refractivity contribution >= 4 is 34.7 Å². The van der Waals surface area contributed by atoms with Crippen molar-refractivity contribution in [1.29, 1.82) is 5.26 Å². The number of hydrogen-bond acceptors (Lipinski definition) is 4. The topological polar surface area (TPSA) is 61.6 Å². The Balaban J connectivity index is 2.28. The van der Waals surface area contributed by atoms with E-state index in [2.05, 4.69) is 21.4 Å². The molecule has 0 aliphatic carbocycles. The minimum absolute atomic E-state index is 0.0661. The number of rotatable bonds is 2. The second-order valence-electron chi connectivity index (χ2n) is 3.16. The average molecular weight is 265 g/mol. The fourth-order valence-corrected chi connectivity index (χ4v) is 1.68.